The van der Waals surface area contributed by atoms with Crippen LogP contribution in [0.4, 0.5) is 0 Å². The minimum atomic E-state index is 0.226. The van der Waals surface area contributed by atoms with Crippen molar-refractivity contribution < 1.29 is 0 Å². The molecule has 2 atom stereocenters. The SMILES string of the molecule is CC(C)(C)CC(CC(c1ccc(CC2C=CC=C2)cc1)C(C)(C)C)c1ccccc1. The van der Waals surface area contributed by atoms with E-state index in [1.54, 1.807) is 0 Å². The first-order chi connectivity index (χ1) is 14.1. The van der Waals surface area contributed by atoms with Crippen LogP contribution < -0.4 is 0 Å². The Labute approximate surface area is 185 Å². The van der Waals surface area contributed by atoms with E-state index in [-0.39, 0.29) is 5.41 Å². The van der Waals surface area contributed by atoms with Crippen molar-refractivity contribution in [3.8, 4) is 0 Å². The van der Waals surface area contributed by atoms with E-state index < -0.39 is 0 Å². The summed E-state index contributed by atoms with van der Waals surface area (Å²) in [5.41, 5.74) is 4.94. The first-order valence-corrected chi connectivity index (χ1v) is 11.6. The zero-order chi connectivity index (χ0) is 21.8. The largest absolute Gasteiger partial charge is 0.0773 e. The maximum absolute atomic E-state index is 2.40. The smallest absolute Gasteiger partial charge is 0.000683 e. The fourth-order valence-corrected chi connectivity index (χ4v) is 4.85. The second-order valence-corrected chi connectivity index (χ2v) is 11.4. The quantitative estimate of drug-likeness (QED) is 0.436. The van der Waals surface area contributed by atoms with Gasteiger partial charge in [0.25, 0.3) is 0 Å². The summed E-state index contributed by atoms with van der Waals surface area (Å²) >= 11 is 0. The van der Waals surface area contributed by atoms with E-state index in [0.717, 1.165) is 6.42 Å². The van der Waals surface area contributed by atoms with Crippen LogP contribution in [0.3, 0.4) is 0 Å². The zero-order valence-electron chi connectivity index (χ0n) is 19.9. The summed E-state index contributed by atoms with van der Waals surface area (Å²) < 4.78 is 0. The van der Waals surface area contributed by atoms with Crippen LogP contribution in [0.15, 0.2) is 78.9 Å². The Balaban J connectivity index is 1.83. The highest BCUT2D eigenvalue weighted by Crippen LogP contribution is 2.45. The van der Waals surface area contributed by atoms with E-state index in [4.69, 9.17) is 0 Å². The molecule has 0 bridgehead atoms. The summed E-state index contributed by atoms with van der Waals surface area (Å²) in [7, 11) is 0. The van der Waals surface area contributed by atoms with Gasteiger partial charge < -0.3 is 0 Å². The van der Waals surface area contributed by atoms with Crippen molar-refractivity contribution >= 4 is 0 Å². The molecule has 0 N–H and O–H groups in total. The normalized spacial score (nSPS) is 16.7. The monoisotopic (exact) mass is 400 g/mol. The van der Waals surface area contributed by atoms with Crippen molar-refractivity contribution in [3.05, 3.63) is 95.6 Å². The second-order valence-electron chi connectivity index (χ2n) is 11.4. The Morgan fingerprint density at radius 2 is 1.33 bits per heavy atom. The second kappa shape index (κ2) is 9.38. The van der Waals surface area contributed by atoms with Gasteiger partial charge in [-0.25, -0.2) is 0 Å². The molecule has 160 valence electrons. The molecule has 2 aromatic rings. The van der Waals surface area contributed by atoms with Crippen molar-refractivity contribution in [3.63, 3.8) is 0 Å². The van der Waals surface area contributed by atoms with Crippen LogP contribution in [0.25, 0.3) is 0 Å². The molecule has 0 radical (unpaired) electrons. The molecule has 2 unspecified atom stereocenters. The van der Waals surface area contributed by atoms with E-state index in [1.807, 2.05) is 0 Å². The van der Waals surface area contributed by atoms with Crippen LogP contribution in [0.1, 0.15) is 82.9 Å². The summed E-state index contributed by atoms with van der Waals surface area (Å²) in [5.74, 6) is 1.66. The van der Waals surface area contributed by atoms with E-state index in [9.17, 15) is 0 Å². The van der Waals surface area contributed by atoms with Gasteiger partial charge in [-0.3, -0.25) is 0 Å². The van der Waals surface area contributed by atoms with Gasteiger partial charge >= 0.3 is 0 Å². The minimum absolute atomic E-state index is 0.226. The van der Waals surface area contributed by atoms with Gasteiger partial charge in [0.05, 0.1) is 0 Å². The summed E-state index contributed by atoms with van der Waals surface area (Å²) in [4.78, 5) is 0. The molecule has 0 fully saturated rings. The fraction of sp³-hybridized carbons (Fsp3) is 0.467. The van der Waals surface area contributed by atoms with Crippen molar-refractivity contribution in [2.75, 3.05) is 0 Å². The molecule has 0 amide bonds. The Bertz CT molecular complexity index is 826. The average Bonchev–Trinajstić information content (AvgIpc) is 3.18. The lowest BCUT2D eigenvalue weighted by atomic mass is 9.68. The first-order valence-electron chi connectivity index (χ1n) is 11.6. The molecular formula is C30H40. The highest BCUT2D eigenvalue weighted by atomic mass is 14.4. The predicted octanol–water partition coefficient (Wildman–Crippen LogP) is 8.71. The number of hydrogen-bond acceptors (Lipinski definition) is 0. The van der Waals surface area contributed by atoms with E-state index in [2.05, 4.69) is 120 Å². The Hall–Kier alpha value is -2.08. The maximum atomic E-state index is 2.40. The average molecular weight is 401 g/mol. The van der Waals surface area contributed by atoms with Gasteiger partial charge in [0.15, 0.2) is 0 Å². The summed E-state index contributed by atoms with van der Waals surface area (Å²) in [5, 5.41) is 0. The van der Waals surface area contributed by atoms with Crippen LogP contribution in [-0.4, -0.2) is 0 Å². The molecule has 3 rings (SSSR count). The molecule has 0 spiro atoms. The minimum Gasteiger partial charge on any atom is -0.0773 e. The first kappa shape index (κ1) is 22.6. The molecule has 0 heterocycles. The lowest BCUT2D eigenvalue weighted by molar-refractivity contribution is 0.256. The van der Waals surface area contributed by atoms with Gasteiger partial charge in [0.1, 0.15) is 0 Å². The Morgan fingerprint density at radius 1 is 0.733 bits per heavy atom. The molecule has 1 aliphatic rings. The lowest BCUT2D eigenvalue weighted by Crippen LogP contribution is -2.23. The van der Waals surface area contributed by atoms with E-state index in [0.29, 0.717) is 23.2 Å². The van der Waals surface area contributed by atoms with Crippen LogP contribution in [-0.2, 0) is 6.42 Å². The molecule has 0 heteroatoms. The maximum Gasteiger partial charge on any atom is -0.000683 e. The third-order valence-corrected chi connectivity index (χ3v) is 6.38. The van der Waals surface area contributed by atoms with Crippen molar-refractivity contribution in [1.29, 1.82) is 0 Å². The molecule has 0 aliphatic heterocycles. The highest BCUT2D eigenvalue weighted by Gasteiger charge is 2.31. The topological polar surface area (TPSA) is 0 Å². The lowest BCUT2D eigenvalue weighted by Gasteiger charge is -2.36. The molecule has 1 aliphatic carbocycles. The number of rotatable bonds is 7. The van der Waals surface area contributed by atoms with E-state index >= 15 is 0 Å². The van der Waals surface area contributed by atoms with Gasteiger partial charge in [-0.05, 0) is 64.5 Å². The van der Waals surface area contributed by atoms with Gasteiger partial charge in [-0.2, -0.15) is 0 Å². The van der Waals surface area contributed by atoms with Crippen LogP contribution in [0, 0.1) is 16.7 Å². The molecule has 0 saturated heterocycles. The number of hydrogen-bond donors (Lipinski definition) is 0. The van der Waals surface area contributed by atoms with E-state index in [1.165, 1.54) is 29.5 Å². The molecular weight excluding hydrogens is 360 g/mol. The molecule has 0 nitrogen and oxygen atoms in total. The van der Waals surface area contributed by atoms with Crippen molar-refractivity contribution in [1.82, 2.24) is 0 Å². The van der Waals surface area contributed by atoms with Crippen LogP contribution >= 0.6 is 0 Å². The third kappa shape index (κ3) is 6.46. The number of allylic oxidation sites excluding steroid dienone is 4. The van der Waals surface area contributed by atoms with Crippen LogP contribution in [0.5, 0.6) is 0 Å². The van der Waals surface area contributed by atoms with Gasteiger partial charge in [0, 0.05) is 0 Å². The van der Waals surface area contributed by atoms with Crippen molar-refractivity contribution in [2.24, 2.45) is 16.7 Å². The Morgan fingerprint density at radius 3 is 1.87 bits per heavy atom. The number of benzene rings is 2. The summed E-state index contributed by atoms with van der Waals surface area (Å²) in [6, 6.07) is 20.7. The fourth-order valence-electron chi connectivity index (χ4n) is 4.85. The Kier molecular flexibility index (Phi) is 7.06. The molecule has 2 aromatic carbocycles. The van der Waals surface area contributed by atoms with Crippen molar-refractivity contribution in [2.45, 2.75) is 72.6 Å². The molecule has 0 saturated carbocycles. The predicted molar refractivity (Wildman–Crippen MR) is 132 cm³/mol. The zero-order valence-corrected chi connectivity index (χ0v) is 19.9. The van der Waals surface area contributed by atoms with Gasteiger partial charge in [-0.15, -0.1) is 0 Å². The van der Waals surface area contributed by atoms with Crippen LogP contribution in [0.2, 0.25) is 0 Å². The standard InChI is InChI=1S/C30H40/c1-29(2,3)22-27(25-14-8-7-9-15-25)21-28(30(4,5)6)26-18-16-24(17-19-26)20-23-12-10-11-13-23/h7-19,23,27-28H,20-22H2,1-6H3. The third-order valence-electron chi connectivity index (χ3n) is 6.38. The van der Waals surface area contributed by atoms with Gasteiger partial charge in [-0.1, -0.05) is 120 Å². The van der Waals surface area contributed by atoms with Gasteiger partial charge in [0.2, 0.25) is 0 Å². The highest BCUT2D eigenvalue weighted by molar-refractivity contribution is 5.30. The molecule has 30 heavy (non-hydrogen) atoms. The molecule has 0 aromatic heterocycles. The summed E-state index contributed by atoms with van der Waals surface area (Å²) in [6.07, 6.45) is 12.4. The summed E-state index contributed by atoms with van der Waals surface area (Å²) in [6.45, 7) is 14.3.